The van der Waals surface area contributed by atoms with Crippen molar-refractivity contribution in [2.24, 2.45) is 5.92 Å². The molecule has 0 spiro atoms. The molecule has 1 saturated carbocycles. The van der Waals surface area contributed by atoms with Gasteiger partial charge in [0.25, 0.3) is 0 Å². The second kappa shape index (κ2) is 4.20. The highest BCUT2D eigenvalue weighted by Crippen LogP contribution is 2.28. The zero-order chi connectivity index (χ0) is 9.10. The third-order valence-corrected chi connectivity index (χ3v) is 2.76. The number of rotatable bonds is 1. The Morgan fingerprint density at radius 3 is 2.62 bits per heavy atom. The molecule has 1 heterocycles. The summed E-state index contributed by atoms with van der Waals surface area (Å²) < 4.78 is 11.0. The molecular weight excluding hydrogens is 168 g/mol. The normalized spacial score (nSPS) is 32.0. The molecule has 3 heteroatoms. The molecule has 0 radical (unpaired) electrons. The molecule has 2 fully saturated rings. The highest BCUT2D eigenvalue weighted by molar-refractivity contribution is 5.79. The lowest BCUT2D eigenvalue weighted by atomic mass is 9.87. The lowest BCUT2D eigenvalue weighted by Crippen LogP contribution is -2.35. The lowest BCUT2D eigenvalue weighted by molar-refractivity contribution is -0.209. The number of Topliss-reactive ketones (excluding diaryl/α,β-unsaturated/α-hetero) is 1. The van der Waals surface area contributed by atoms with Gasteiger partial charge in [0.05, 0.1) is 13.2 Å². The number of carbonyl (C=O) groups is 1. The molecule has 1 saturated heterocycles. The van der Waals surface area contributed by atoms with Crippen LogP contribution < -0.4 is 0 Å². The molecule has 0 aromatic heterocycles. The molecule has 0 aromatic rings. The first-order valence-electron chi connectivity index (χ1n) is 5.11. The second-order valence-corrected chi connectivity index (χ2v) is 3.86. The molecule has 13 heavy (non-hydrogen) atoms. The van der Waals surface area contributed by atoms with Crippen molar-refractivity contribution in [3.8, 4) is 0 Å². The van der Waals surface area contributed by atoms with Crippen LogP contribution in [0.3, 0.4) is 0 Å². The van der Waals surface area contributed by atoms with E-state index < -0.39 is 0 Å². The van der Waals surface area contributed by atoms with E-state index in [4.69, 9.17) is 9.47 Å². The maximum Gasteiger partial charge on any atom is 0.160 e. The second-order valence-electron chi connectivity index (χ2n) is 3.86. The van der Waals surface area contributed by atoms with E-state index in [0.717, 1.165) is 38.9 Å². The molecule has 1 aliphatic carbocycles. The molecule has 2 rings (SSSR count). The van der Waals surface area contributed by atoms with Gasteiger partial charge in [-0.3, -0.25) is 4.79 Å². The molecule has 0 N–H and O–H groups in total. The minimum absolute atomic E-state index is 0.0991. The van der Waals surface area contributed by atoms with Crippen LogP contribution in [0, 0.1) is 5.92 Å². The largest absolute Gasteiger partial charge is 0.352 e. The van der Waals surface area contributed by atoms with Crippen molar-refractivity contribution in [3.05, 3.63) is 0 Å². The van der Waals surface area contributed by atoms with E-state index in [-0.39, 0.29) is 6.29 Å². The van der Waals surface area contributed by atoms with E-state index in [1.54, 1.807) is 0 Å². The van der Waals surface area contributed by atoms with Crippen molar-refractivity contribution < 1.29 is 14.3 Å². The Bertz CT molecular complexity index is 185. The molecule has 0 amide bonds. The van der Waals surface area contributed by atoms with Crippen molar-refractivity contribution in [1.29, 1.82) is 0 Å². The Labute approximate surface area is 78.4 Å². The SMILES string of the molecule is O=C1CCCC(C2OCCCO2)C1. The minimum atomic E-state index is -0.0991. The maximum absolute atomic E-state index is 11.2. The molecule has 2 aliphatic rings. The molecule has 0 aromatic carbocycles. The van der Waals surface area contributed by atoms with Gasteiger partial charge in [-0.05, 0) is 19.3 Å². The van der Waals surface area contributed by atoms with E-state index >= 15 is 0 Å². The fourth-order valence-corrected chi connectivity index (χ4v) is 2.07. The molecule has 1 unspecified atom stereocenters. The van der Waals surface area contributed by atoms with E-state index in [1.807, 2.05) is 0 Å². The summed E-state index contributed by atoms with van der Waals surface area (Å²) in [6.07, 6.45) is 4.38. The predicted octanol–water partition coefficient (Wildman–Crippen LogP) is 1.51. The summed E-state index contributed by atoms with van der Waals surface area (Å²) in [7, 11) is 0. The van der Waals surface area contributed by atoms with Crippen LogP contribution in [-0.4, -0.2) is 25.3 Å². The summed E-state index contributed by atoms with van der Waals surface area (Å²) in [5, 5.41) is 0. The van der Waals surface area contributed by atoms with E-state index in [0.29, 0.717) is 18.1 Å². The summed E-state index contributed by atoms with van der Waals surface area (Å²) in [6, 6.07) is 0. The molecule has 0 bridgehead atoms. The lowest BCUT2D eigenvalue weighted by Gasteiger charge is -2.32. The van der Waals surface area contributed by atoms with Crippen LogP contribution in [-0.2, 0) is 14.3 Å². The van der Waals surface area contributed by atoms with Crippen molar-refractivity contribution in [2.75, 3.05) is 13.2 Å². The molecule has 3 nitrogen and oxygen atoms in total. The maximum atomic E-state index is 11.2. The van der Waals surface area contributed by atoms with Gasteiger partial charge in [0.15, 0.2) is 6.29 Å². The third kappa shape index (κ3) is 2.29. The zero-order valence-electron chi connectivity index (χ0n) is 7.83. The first-order chi connectivity index (χ1) is 6.36. The van der Waals surface area contributed by atoms with Crippen LogP contribution in [0.25, 0.3) is 0 Å². The summed E-state index contributed by atoms with van der Waals surface area (Å²) in [5.41, 5.74) is 0. The number of carbonyl (C=O) groups excluding carboxylic acids is 1. The molecular formula is C10H16O3. The quantitative estimate of drug-likeness (QED) is 0.619. The fourth-order valence-electron chi connectivity index (χ4n) is 2.07. The Kier molecular flexibility index (Phi) is 2.96. The average molecular weight is 184 g/mol. The average Bonchev–Trinajstić information content (AvgIpc) is 2.19. The van der Waals surface area contributed by atoms with Crippen LogP contribution in [0.5, 0.6) is 0 Å². The van der Waals surface area contributed by atoms with Gasteiger partial charge in [-0.1, -0.05) is 0 Å². The van der Waals surface area contributed by atoms with Gasteiger partial charge < -0.3 is 9.47 Å². The van der Waals surface area contributed by atoms with Crippen LogP contribution in [0.4, 0.5) is 0 Å². The minimum Gasteiger partial charge on any atom is -0.352 e. The first-order valence-corrected chi connectivity index (χ1v) is 5.11. The molecule has 74 valence electrons. The van der Waals surface area contributed by atoms with Crippen molar-refractivity contribution >= 4 is 5.78 Å². The van der Waals surface area contributed by atoms with Crippen LogP contribution in [0.1, 0.15) is 32.1 Å². The first kappa shape index (κ1) is 9.16. The number of hydrogen-bond acceptors (Lipinski definition) is 3. The van der Waals surface area contributed by atoms with E-state index in [1.165, 1.54) is 0 Å². The van der Waals surface area contributed by atoms with Crippen LogP contribution >= 0.6 is 0 Å². The standard InChI is InChI=1S/C10H16O3/c11-9-4-1-3-8(7-9)10-12-5-2-6-13-10/h8,10H,1-7H2. The van der Waals surface area contributed by atoms with Crippen molar-refractivity contribution in [3.63, 3.8) is 0 Å². The highest BCUT2D eigenvalue weighted by Gasteiger charge is 2.29. The monoisotopic (exact) mass is 184 g/mol. The zero-order valence-corrected chi connectivity index (χ0v) is 7.83. The number of hydrogen-bond donors (Lipinski definition) is 0. The summed E-state index contributed by atoms with van der Waals surface area (Å²) in [4.78, 5) is 11.2. The van der Waals surface area contributed by atoms with Gasteiger partial charge in [-0.25, -0.2) is 0 Å². The Morgan fingerprint density at radius 2 is 1.92 bits per heavy atom. The van der Waals surface area contributed by atoms with E-state index in [9.17, 15) is 4.79 Å². The molecule has 1 aliphatic heterocycles. The topological polar surface area (TPSA) is 35.5 Å². The van der Waals surface area contributed by atoms with Crippen LogP contribution in [0.2, 0.25) is 0 Å². The Balaban J connectivity index is 1.87. The van der Waals surface area contributed by atoms with Gasteiger partial charge in [0.2, 0.25) is 0 Å². The Morgan fingerprint density at radius 1 is 1.15 bits per heavy atom. The predicted molar refractivity (Wildman–Crippen MR) is 47.3 cm³/mol. The highest BCUT2D eigenvalue weighted by atomic mass is 16.7. The summed E-state index contributed by atoms with van der Waals surface area (Å²) in [5.74, 6) is 0.690. The van der Waals surface area contributed by atoms with Crippen molar-refractivity contribution in [1.82, 2.24) is 0 Å². The summed E-state index contributed by atoms with van der Waals surface area (Å²) in [6.45, 7) is 1.57. The smallest absolute Gasteiger partial charge is 0.160 e. The van der Waals surface area contributed by atoms with Gasteiger partial charge in [0.1, 0.15) is 5.78 Å². The number of ether oxygens (including phenoxy) is 2. The Hall–Kier alpha value is -0.410. The molecule has 1 atom stereocenters. The van der Waals surface area contributed by atoms with Crippen LogP contribution in [0.15, 0.2) is 0 Å². The van der Waals surface area contributed by atoms with E-state index in [2.05, 4.69) is 0 Å². The summed E-state index contributed by atoms with van der Waals surface area (Å²) >= 11 is 0. The van der Waals surface area contributed by atoms with Crippen molar-refractivity contribution in [2.45, 2.75) is 38.4 Å². The number of ketones is 1. The fraction of sp³-hybridized carbons (Fsp3) is 0.900. The van der Waals surface area contributed by atoms with Gasteiger partial charge in [0, 0.05) is 18.8 Å². The van der Waals surface area contributed by atoms with Gasteiger partial charge >= 0.3 is 0 Å². The van der Waals surface area contributed by atoms with Gasteiger partial charge in [-0.2, -0.15) is 0 Å². The third-order valence-electron chi connectivity index (χ3n) is 2.76. The van der Waals surface area contributed by atoms with Gasteiger partial charge in [-0.15, -0.1) is 0 Å².